The van der Waals surface area contributed by atoms with Crippen LogP contribution in [0.3, 0.4) is 0 Å². The number of piperidine rings is 1. The van der Waals surface area contributed by atoms with Gasteiger partial charge in [0, 0.05) is 38.1 Å². The lowest BCUT2D eigenvalue weighted by Crippen LogP contribution is -2.48. The fourth-order valence-corrected chi connectivity index (χ4v) is 2.90. The molecule has 0 bridgehead atoms. The predicted molar refractivity (Wildman–Crippen MR) is 118 cm³/mol. The molecule has 1 aliphatic rings. The number of aliphatic imine (C=N–C) groups is 1. The highest BCUT2D eigenvalue weighted by molar-refractivity contribution is 14.0. The molecule has 1 aromatic rings. The van der Waals surface area contributed by atoms with E-state index >= 15 is 0 Å². The van der Waals surface area contributed by atoms with Crippen LogP contribution in [0.1, 0.15) is 52.2 Å². The largest absolute Gasteiger partial charge is 0.443 e. The van der Waals surface area contributed by atoms with Gasteiger partial charge in [0.25, 0.3) is 0 Å². The molecule has 0 aliphatic carbocycles. The second kappa shape index (κ2) is 10.3. The summed E-state index contributed by atoms with van der Waals surface area (Å²) in [7, 11) is 1.79. The topological polar surface area (TPSA) is 65.7 Å². The van der Waals surface area contributed by atoms with Gasteiger partial charge in [-0.1, -0.05) is 32.9 Å². The minimum atomic E-state index is -0.0249. The van der Waals surface area contributed by atoms with Crippen molar-refractivity contribution in [2.45, 2.75) is 58.5 Å². The molecule has 0 aromatic carbocycles. The molecule has 0 radical (unpaired) electrons. The molecule has 6 nitrogen and oxygen atoms in total. The minimum absolute atomic E-state index is 0. The van der Waals surface area contributed by atoms with E-state index in [1.165, 1.54) is 5.57 Å². The number of guanidine groups is 1. The Kier molecular flexibility index (Phi) is 9.09. The Balaban J connectivity index is 0.00000338. The van der Waals surface area contributed by atoms with Crippen molar-refractivity contribution in [2.75, 3.05) is 26.7 Å². The molecular formula is C19H34IN5O. The minimum Gasteiger partial charge on any atom is -0.443 e. The van der Waals surface area contributed by atoms with E-state index in [-0.39, 0.29) is 29.4 Å². The summed E-state index contributed by atoms with van der Waals surface area (Å²) in [6, 6.07) is 0.447. The van der Waals surface area contributed by atoms with E-state index in [4.69, 9.17) is 4.42 Å². The number of hydrogen-bond acceptors (Lipinski definition) is 4. The van der Waals surface area contributed by atoms with Crippen molar-refractivity contribution >= 4 is 29.9 Å². The molecule has 1 aliphatic heterocycles. The van der Waals surface area contributed by atoms with Gasteiger partial charge < -0.3 is 15.1 Å². The Hall–Kier alpha value is -1.09. The van der Waals surface area contributed by atoms with E-state index in [9.17, 15) is 0 Å². The number of oxazole rings is 1. The van der Waals surface area contributed by atoms with Gasteiger partial charge in [0.15, 0.2) is 5.96 Å². The monoisotopic (exact) mass is 475 g/mol. The summed E-state index contributed by atoms with van der Waals surface area (Å²) in [6.45, 7) is 16.2. The van der Waals surface area contributed by atoms with Crippen LogP contribution in [0.5, 0.6) is 0 Å². The van der Waals surface area contributed by atoms with Crippen molar-refractivity contribution in [3.63, 3.8) is 0 Å². The van der Waals surface area contributed by atoms with Crippen LogP contribution in [0.25, 0.3) is 0 Å². The smallest absolute Gasteiger partial charge is 0.213 e. The van der Waals surface area contributed by atoms with Crippen LogP contribution in [0.15, 0.2) is 27.8 Å². The molecule has 0 spiro atoms. The number of likely N-dealkylation sites (tertiary alicyclic amines) is 1. The number of aromatic nitrogens is 1. The molecule has 0 unspecified atom stereocenters. The van der Waals surface area contributed by atoms with Gasteiger partial charge in [0.2, 0.25) is 5.89 Å². The van der Waals surface area contributed by atoms with E-state index in [1.807, 2.05) is 6.20 Å². The van der Waals surface area contributed by atoms with Gasteiger partial charge in [-0.25, -0.2) is 4.98 Å². The molecule has 2 heterocycles. The fraction of sp³-hybridized carbons (Fsp3) is 0.684. The number of halogens is 1. The fourth-order valence-electron chi connectivity index (χ4n) is 2.90. The molecular weight excluding hydrogens is 441 g/mol. The lowest BCUT2D eigenvalue weighted by molar-refractivity contribution is 0.221. The Morgan fingerprint density at radius 3 is 2.54 bits per heavy atom. The number of nitrogens with zero attached hydrogens (tertiary/aromatic N) is 3. The summed E-state index contributed by atoms with van der Waals surface area (Å²) in [4.78, 5) is 11.1. The lowest BCUT2D eigenvalue weighted by atomic mass is 9.94. The molecule has 0 saturated carbocycles. The van der Waals surface area contributed by atoms with E-state index in [0.29, 0.717) is 18.5 Å². The second-order valence-electron chi connectivity index (χ2n) is 7.95. The van der Waals surface area contributed by atoms with Gasteiger partial charge in [-0.2, -0.15) is 0 Å². The average Bonchev–Trinajstić information content (AvgIpc) is 3.02. The van der Waals surface area contributed by atoms with Crippen molar-refractivity contribution in [1.29, 1.82) is 0 Å². The maximum absolute atomic E-state index is 5.81. The lowest BCUT2D eigenvalue weighted by Gasteiger charge is -2.33. The SMILES string of the molecule is C=C(C)CN1CCC(NC(=NC)NCc2ncc(C(C)(C)C)o2)CC1.I. The van der Waals surface area contributed by atoms with Gasteiger partial charge >= 0.3 is 0 Å². The molecule has 1 fully saturated rings. The molecule has 1 saturated heterocycles. The summed E-state index contributed by atoms with van der Waals surface area (Å²) < 4.78 is 5.81. The summed E-state index contributed by atoms with van der Waals surface area (Å²) in [5, 5.41) is 6.80. The van der Waals surface area contributed by atoms with Gasteiger partial charge in [-0.05, 0) is 19.8 Å². The van der Waals surface area contributed by atoms with Crippen LogP contribution in [-0.2, 0) is 12.0 Å². The Labute approximate surface area is 174 Å². The molecule has 7 heteroatoms. The quantitative estimate of drug-likeness (QED) is 0.296. The highest BCUT2D eigenvalue weighted by Crippen LogP contribution is 2.22. The zero-order valence-corrected chi connectivity index (χ0v) is 19.1. The third kappa shape index (κ3) is 7.26. The maximum atomic E-state index is 5.81. The highest BCUT2D eigenvalue weighted by atomic mass is 127. The molecule has 0 amide bonds. The van der Waals surface area contributed by atoms with Crippen LogP contribution >= 0.6 is 24.0 Å². The standard InChI is InChI=1S/C19H33N5O.HI/c1-14(2)13-24-9-7-15(8-10-24)23-18(20-6)22-12-17-21-11-16(25-17)19(3,4)5;/h11,15H,1,7-10,12-13H2,2-6H3,(H2,20,22,23);1H. The first-order valence-corrected chi connectivity index (χ1v) is 9.07. The Morgan fingerprint density at radius 1 is 1.38 bits per heavy atom. The zero-order chi connectivity index (χ0) is 18.4. The Bertz CT molecular complexity index is 597. The molecule has 148 valence electrons. The predicted octanol–water partition coefficient (Wildman–Crippen LogP) is 3.30. The van der Waals surface area contributed by atoms with Crippen molar-refractivity contribution in [2.24, 2.45) is 4.99 Å². The Morgan fingerprint density at radius 2 is 2.04 bits per heavy atom. The van der Waals surface area contributed by atoms with Crippen molar-refractivity contribution < 1.29 is 4.42 Å². The van der Waals surface area contributed by atoms with Crippen molar-refractivity contribution in [3.05, 3.63) is 30.0 Å². The van der Waals surface area contributed by atoms with Gasteiger partial charge in [0.05, 0.1) is 12.7 Å². The van der Waals surface area contributed by atoms with Crippen molar-refractivity contribution in [1.82, 2.24) is 20.5 Å². The van der Waals surface area contributed by atoms with E-state index in [2.05, 4.69) is 59.8 Å². The molecule has 2 N–H and O–H groups in total. The van der Waals surface area contributed by atoms with Crippen LogP contribution in [0.2, 0.25) is 0 Å². The number of rotatable bonds is 5. The summed E-state index contributed by atoms with van der Waals surface area (Å²) in [6.07, 6.45) is 4.03. The van der Waals surface area contributed by atoms with Crippen LogP contribution in [0.4, 0.5) is 0 Å². The summed E-state index contributed by atoms with van der Waals surface area (Å²) in [5.41, 5.74) is 1.20. The van der Waals surface area contributed by atoms with Crippen molar-refractivity contribution in [3.8, 4) is 0 Å². The first-order chi connectivity index (χ1) is 11.8. The van der Waals surface area contributed by atoms with Gasteiger partial charge in [-0.3, -0.25) is 9.89 Å². The molecule has 2 rings (SSSR count). The summed E-state index contributed by atoms with van der Waals surface area (Å²) >= 11 is 0. The van der Waals surface area contributed by atoms with Crippen LogP contribution < -0.4 is 10.6 Å². The number of hydrogen-bond donors (Lipinski definition) is 2. The van der Waals surface area contributed by atoms with E-state index < -0.39 is 0 Å². The maximum Gasteiger partial charge on any atom is 0.213 e. The first kappa shape index (κ1) is 23.0. The highest BCUT2D eigenvalue weighted by Gasteiger charge is 2.21. The first-order valence-electron chi connectivity index (χ1n) is 9.07. The summed E-state index contributed by atoms with van der Waals surface area (Å²) in [5.74, 6) is 2.38. The van der Waals surface area contributed by atoms with Crippen LogP contribution in [0, 0.1) is 0 Å². The normalized spacial score (nSPS) is 16.9. The third-order valence-corrected chi connectivity index (χ3v) is 4.35. The van der Waals surface area contributed by atoms with E-state index in [1.54, 1.807) is 7.05 Å². The van der Waals surface area contributed by atoms with Gasteiger partial charge in [-0.15, -0.1) is 24.0 Å². The van der Waals surface area contributed by atoms with E-state index in [0.717, 1.165) is 44.2 Å². The molecule has 0 atom stereocenters. The van der Waals surface area contributed by atoms with Crippen LogP contribution in [-0.4, -0.2) is 48.6 Å². The molecule has 1 aromatic heterocycles. The van der Waals surface area contributed by atoms with Gasteiger partial charge in [0.1, 0.15) is 5.76 Å². The third-order valence-electron chi connectivity index (χ3n) is 4.35. The molecule has 26 heavy (non-hydrogen) atoms. The number of nitrogens with one attached hydrogen (secondary N) is 2. The zero-order valence-electron chi connectivity index (χ0n) is 16.8. The second-order valence-corrected chi connectivity index (χ2v) is 7.95. The average molecular weight is 475 g/mol.